The zero-order valence-corrected chi connectivity index (χ0v) is 19.2. The van der Waals surface area contributed by atoms with Crippen LogP contribution in [-0.4, -0.2) is 39.5 Å². The lowest BCUT2D eigenvalue weighted by molar-refractivity contribution is -0.112. The lowest BCUT2D eigenvalue weighted by Crippen LogP contribution is -2.28. The number of hydrogen-bond acceptors (Lipinski definition) is 6. The van der Waals surface area contributed by atoms with Crippen molar-refractivity contribution in [1.82, 2.24) is 0 Å². The van der Waals surface area contributed by atoms with Gasteiger partial charge < -0.3 is 10.2 Å². The molecular weight excluding hydrogens is 448 g/mol. The topological polar surface area (TPSA) is 132 Å². The Morgan fingerprint density at radius 1 is 0.914 bits per heavy atom. The number of carbonyl (C=O) groups excluding carboxylic acids is 1. The van der Waals surface area contributed by atoms with Crippen LogP contribution in [0.1, 0.15) is 38.8 Å². The zero-order chi connectivity index (χ0) is 25.3. The van der Waals surface area contributed by atoms with Crippen molar-refractivity contribution in [2.75, 3.05) is 10.4 Å². The maximum atomic E-state index is 13.0. The molecule has 35 heavy (non-hydrogen) atoms. The van der Waals surface area contributed by atoms with Crippen LogP contribution < -0.4 is 10.4 Å². The first-order chi connectivity index (χ1) is 16.7. The van der Waals surface area contributed by atoms with E-state index in [4.69, 9.17) is 0 Å². The summed E-state index contributed by atoms with van der Waals surface area (Å²) in [5.41, 5.74) is 6.65. The van der Waals surface area contributed by atoms with Gasteiger partial charge in [-0.05, 0) is 73.4 Å². The molecule has 3 aromatic carbocycles. The Morgan fingerprint density at radius 2 is 1.66 bits per heavy atom. The molecule has 0 aliphatic carbocycles. The van der Waals surface area contributed by atoms with Gasteiger partial charge in [0, 0.05) is 0 Å². The highest BCUT2D eigenvalue weighted by Crippen LogP contribution is 2.30. The number of carboxylic acid groups (broad SMARTS) is 2. The van der Waals surface area contributed by atoms with Gasteiger partial charge in [0.05, 0.1) is 28.2 Å². The first kappa shape index (κ1) is 23.4. The molecule has 1 aliphatic heterocycles. The number of hydrazone groups is 2. The molecule has 4 rings (SSSR count). The quantitative estimate of drug-likeness (QED) is 0.453. The SMILES string of the molecule is CC1=NN(c2ccc(C)c(C)c2)C(=O)C1=NNc1cccc(-c2cccc(C(=O)O)c2)c1C(=O)O. The van der Waals surface area contributed by atoms with E-state index in [9.17, 15) is 24.6 Å². The molecule has 0 radical (unpaired) electrons. The highest BCUT2D eigenvalue weighted by Gasteiger charge is 2.31. The minimum absolute atomic E-state index is 0.0345. The molecule has 0 atom stereocenters. The zero-order valence-electron chi connectivity index (χ0n) is 19.2. The van der Waals surface area contributed by atoms with Gasteiger partial charge in [0.2, 0.25) is 0 Å². The Morgan fingerprint density at radius 3 is 2.34 bits per heavy atom. The Bertz CT molecular complexity index is 1440. The predicted molar refractivity (Wildman–Crippen MR) is 133 cm³/mol. The van der Waals surface area contributed by atoms with Gasteiger partial charge in [0.25, 0.3) is 0 Å². The standard InChI is InChI=1S/C26H22N4O5/c1-14-10-11-19(12-15(14)2)30-24(31)23(16(3)29-30)28-27-21-9-5-8-20(22(21)26(34)35)17-6-4-7-18(13-17)25(32)33/h4-13,27H,1-3H3,(H,32,33)(H,34,35). The third kappa shape index (κ3) is 4.51. The molecule has 0 spiro atoms. The second-order valence-corrected chi connectivity index (χ2v) is 8.06. The minimum Gasteiger partial charge on any atom is -0.478 e. The number of nitrogens with one attached hydrogen (secondary N) is 1. The van der Waals surface area contributed by atoms with Crippen molar-refractivity contribution in [3.63, 3.8) is 0 Å². The average molecular weight is 470 g/mol. The van der Waals surface area contributed by atoms with E-state index >= 15 is 0 Å². The lowest BCUT2D eigenvalue weighted by atomic mass is 9.97. The van der Waals surface area contributed by atoms with Gasteiger partial charge in [-0.3, -0.25) is 10.2 Å². The molecule has 0 bridgehead atoms. The molecule has 0 fully saturated rings. The monoisotopic (exact) mass is 470 g/mol. The second-order valence-electron chi connectivity index (χ2n) is 8.06. The molecule has 0 saturated heterocycles. The van der Waals surface area contributed by atoms with Crippen molar-refractivity contribution in [1.29, 1.82) is 0 Å². The Kier molecular flexibility index (Phi) is 6.16. The van der Waals surface area contributed by atoms with Crippen molar-refractivity contribution in [2.45, 2.75) is 20.8 Å². The summed E-state index contributed by atoms with van der Waals surface area (Å²) in [6.45, 7) is 5.56. The van der Waals surface area contributed by atoms with E-state index in [2.05, 4.69) is 15.6 Å². The number of aromatic carboxylic acids is 2. The van der Waals surface area contributed by atoms with Gasteiger partial charge in [-0.1, -0.05) is 30.3 Å². The predicted octanol–water partition coefficient (Wildman–Crippen LogP) is 4.56. The lowest BCUT2D eigenvalue weighted by Gasteiger charge is -2.13. The summed E-state index contributed by atoms with van der Waals surface area (Å²) in [7, 11) is 0. The van der Waals surface area contributed by atoms with Crippen LogP contribution in [0.5, 0.6) is 0 Å². The van der Waals surface area contributed by atoms with E-state index in [0.717, 1.165) is 11.1 Å². The highest BCUT2D eigenvalue weighted by atomic mass is 16.4. The molecule has 0 aromatic heterocycles. The van der Waals surface area contributed by atoms with Crippen molar-refractivity contribution in [3.8, 4) is 11.1 Å². The van der Waals surface area contributed by atoms with Crippen LogP contribution in [0.25, 0.3) is 11.1 Å². The van der Waals surface area contributed by atoms with E-state index in [1.165, 1.54) is 23.2 Å². The second kappa shape index (κ2) is 9.22. The van der Waals surface area contributed by atoms with Crippen molar-refractivity contribution < 1.29 is 24.6 Å². The normalized spacial score (nSPS) is 14.3. The van der Waals surface area contributed by atoms with E-state index in [1.54, 1.807) is 37.3 Å². The van der Waals surface area contributed by atoms with Crippen LogP contribution in [0.4, 0.5) is 11.4 Å². The number of carboxylic acids is 2. The van der Waals surface area contributed by atoms with Crippen LogP contribution in [-0.2, 0) is 4.79 Å². The Balaban J connectivity index is 1.68. The van der Waals surface area contributed by atoms with Gasteiger partial charge in [-0.25, -0.2) is 9.59 Å². The fourth-order valence-electron chi connectivity index (χ4n) is 3.71. The van der Waals surface area contributed by atoms with Crippen LogP contribution in [0.15, 0.2) is 70.9 Å². The van der Waals surface area contributed by atoms with Crippen LogP contribution in [0, 0.1) is 13.8 Å². The molecule has 0 saturated carbocycles. The Labute approximate surface area is 201 Å². The fraction of sp³-hybridized carbons (Fsp3) is 0.115. The summed E-state index contributed by atoms with van der Waals surface area (Å²) in [4.78, 5) is 36.5. The molecule has 3 N–H and O–H groups in total. The smallest absolute Gasteiger partial charge is 0.338 e. The molecule has 9 nitrogen and oxygen atoms in total. The van der Waals surface area contributed by atoms with Crippen molar-refractivity contribution >= 4 is 40.6 Å². The number of hydrogen-bond donors (Lipinski definition) is 3. The summed E-state index contributed by atoms with van der Waals surface area (Å²) >= 11 is 0. The van der Waals surface area contributed by atoms with Gasteiger partial charge in [0.15, 0.2) is 5.71 Å². The third-order valence-corrected chi connectivity index (χ3v) is 5.71. The number of anilines is 2. The highest BCUT2D eigenvalue weighted by molar-refractivity contribution is 6.71. The number of amides is 1. The van der Waals surface area contributed by atoms with Crippen molar-refractivity contribution in [3.05, 3.63) is 82.9 Å². The number of carbonyl (C=O) groups is 3. The van der Waals surface area contributed by atoms with E-state index in [0.29, 0.717) is 22.5 Å². The summed E-state index contributed by atoms with van der Waals surface area (Å²) < 4.78 is 0. The first-order valence-corrected chi connectivity index (χ1v) is 10.7. The number of aryl methyl sites for hydroxylation is 2. The maximum absolute atomic E-state index is 13.0. The van der Waals surface area contributed by atoms with E-state index < -0.39 is 17.8 Å². The molecule has 1 amide bonds. The van der Waals surface area contributed by atoms with Gasteiger partial charge in [-0.15, -0.1) is 0 Å². The molecule has 1 heterocycles. The molecule has 176 valence electrons. The summed E-state index contributed by atoms with van der Waals surface area (Å²) in [5.74, 6) is -2.79. The van der Waals surface area contributed by atoms with Gasteiger partial charge in [-0.2, -0.15) is 15.2 Å². The molecule has 0 unspecified atom stereocenters. The molecule has 3 aromatic rings. The van der Waals surface area contributed by atoms with Crippen molar-refractivity contribution in [2.24, 2.45) is 10.2 Å². The summed E-state index contributed by atoms with van der Waals surface area (Å²) in [5, 5.41) is 29.0. The number of benzene rings is 3. The van der Waals surface area contributed by atoms with Crippen LogP contribution >= 0.6 is 0 Å². The summed E-state index contributed by atoms with van der Waals surface area (Å²) in [6.07, 6.45) is 0. The average Bonchev–Trinajstić information content (AvgIpc) is 3.12. The number of rotatable bonds is 6. The number of nitrogens with zero attached hydrogens (tertiary/aromatic N) is 3. The maximum Gasteiger partial charge on any atom is 0.338 e. The first-order valence-electron chi connectivity index (χ1n) is 10.7. The van der Waals surface area contributed by atoms with Crippen LogP contribution in [0.3, 0.4) is 0 Å². The minimum atomic E-state index is -1.23. The van der Waals surface area contributed by atoms with E-state index in [1.807, 2.05) is 26.0 Å². The van der Waals surface area contributed by atoms with Gasteiger partial charge >= 0.3 is 17.8 Å². The molecule has 1 aliphatic rings. The summed E-state index contributed by atoms with van der Waals surface area (Å²) in [6, 6.07) is 16.3. The third-order valence-electron chi connectivity index (χ3n) is 5.71. The van der Waals surface area contributed by atoms with E-state index in [-0.39, 0.29) is 22.5 Å². The Hall–Kier alpha value is -4.79. The largest absolute Gasteiger partial charge is 0.478 e. The molecular formula is C26H22N4O5. The van der Waals surface area contributed by atoms with Crippen LogP contribution in [0.2, 0.25) is 0 Å². The molecule has 9 heteroatoms. The fourth-order valence-corrected chi connectivity index (χ4v) is 3.71. The van der Waals surface area contributed by atoms with Gasteiger partial charge in [0.1, 0.15) is 0 Å².